The van der Waals surface area contributed by atoms with E-state index in [1.165, 1.54) is 10.8 Å². The molecule has 0 saturated carbocycles. The van der Waals surface area contributed by atoms with Crippen molar-refractivity contribution in [3.8, 4) is 22.6 Å². The van der Waals surface area contributed by atoms with E-state index >= 15 is 0 Å². The molecule has 0 unspecified atom stereocenters. The van der Waals surface area contributed by atoms with E-state index in [1.807, 2.05) is 84.9 Å². The van der Waals surface area contributed by atoms with Gasteiger partial charge in [0.15, 0.2) is 6.61 Å². The van der Waals surface area contributed by atoms with Gasteiger partial charge in [-0.1, -0.05) is 91.0 Å². The normalized spacial score (nSPS) is 10.8. The Morgan fingerprint density at radius 2 is 1.39 bits per heavy atom. The van der Waals surface area contributed by atoms with Gasteiger partial charge in [-0.15, -0.1) is 0 Å². The van der Waals surface area contributed by atoms with Crippen LogP contribution in [0.5, 0.6) is 11.5 Å². The molecule has 0 saturated heterocycles. The molecule has 0 aromatic heterocycles. The Kier molecular flexibility index (Phi) is 6.95. The summed E-state index contributed by atoms with van der Waals surface area (Å²) in [5.74, 6) is 0.387. The van der Waals surface area contributed by atoms with Crippen LogP contribution >= 0.6 is 0 Å². The quantitative estimate of drug-likeness (QED) is 0.247. The van der Waals surface area contributed by atoms with Crippen LogP contribution in [-0.2, 0) is 17.8 Å². The largest absolute Gasteiger partial charge is 0.489 e. The van der Waals surface area contributed by atoms with Gasteiger partial charge in [0.1, 0.15) is 18.1 Å². The second-order valence-corrected chi connectivity index (χ2v) is 8.62. The molecule has 5 aromatic carbocycles. The average Bonchev–Trinajstić information content (AvgIpc) is 2.92. The Hall–Kier alpha value is -4.57. The molecular weight excluding hydrogens is 448 g/mol. The first-order chi connectivity index (χ1) is 17.7. The van der Waals surface area contributed by atoms with Crippen molar-refractivity contribution in [3.63, 3.8) is 0 Å². The van der Waals surface area contributed by atoms with E-state index in [-0.39, 0.29) is 6.61 Å². The average molecular weight is 475 g/mol. The van der Waals surface area contributed by atoms with Crippen molar-refractivity contribution in [1.29, 1.82) is 0 Å². The zero-order valence-electron chi connectivity index (χ0n) is 19.8. The first-order valence-electron chi connectivity index (χ1n) is 11.9. The van der Waals surface area contributed by atoms with Crippen LogP contribution in [0.4, 0.5) is 0 Å². The molecule has 0 atom stereocenters. The van der Waals surface area contributed by atoms with Gasteiger partial charge < -0.3 is 14.6 Å². The van der Waals surface area contributed by atoms with E-state index < -0.39 is 5.97 Å². The van der Waals surface area contributed by atoms with Crippen LogP contribution in [-0.4, -0.2) is 17.7 Å². The smallest absolute Gasteiger partial charge is 0.341 e. The van der Waals surface area contributed by atoms with Crippen LogP contribution in [0.15, 0.2) is 115 Å². The first kappa shape index (κ1) is 23.2. The number of carbonyl (C=O) groups is 1. The minimum absolute atomic E-state index is 0.380. The lowest BCUT2D eigenvalue weighted by molar-refractivity contribution is -0.139. The Morgan fingerprint density at radius 1 is 0.667 bits per heavy atom. The van der Waals surface area contributed by atoms with Gasteiger partial charge >= 0.3 is 5.97 Å². The fraction of sp³-hybridized carbons (Fsp3) is 0.0938. The molecule has 4 nitrogen and oxygen atoms in total. The van der Waals surface area contributed by atoms with Crippen molar-refractivity contribution >= 4 is 16.7 Å². The predicted molar refractivity (Wildman–Crippen MR) is 143 cm³/mol. The van der Waals surface area contributed by atoms with Gasteiger partial charge in [-0.2, -0.15) is 0 Å². The van der Waals surface area contributed by atoms with E-state index in [9.17, 15) is 4.79 Å². The summed E-state index contributed by atoms with van der Waals surface area (Å²) >= 11 is 0. The molecule has 5 rings (SSSR count). The minimum Gasteiger partial charge on any atom is -0.489 e. The van der Waals surface area contributed by atoms with Gasteiger partial charge in [0.05, 0.1) is 0 Å². The van der Waals surface area contributed by atoms with E-state index in [4.69, 9.17) is 14.6 Å². The molecular formula is C32H26O4. The molecule has 0 radical (unpaired) electrons. The highest BCUT2D eigenvalue weighted by atomic mass is 16.5. The summed E-state index contributed by atoms with van der Waals surface area (Å²) in [6.45, 7) is 0.139. The van der Waals surface area contributed by atoms with E-state index in [0.29, 0.717) is 18.8 Å². The summed E-state index contributed by atoms with van der Waals surface area (Å²) in [4.78, 5) is 11.1. The van der Waals surface area contributed by atoms with Gasteiger partial charge in [-0.25, -0.2) is 4.79 Å². The van der Waals surface area contributed by atoms with Gasteiger partial charge in [-0.3, -0.25) is 0 Å². The highest BCUT2D eigenvalue weighted by Gasteiger charge is 2.12. The van der Waals surface area contributed by atoms with E-state index in [2.05, 4.69) is 30.3 Å². The summed E-state index contributed by atoms with van der Waals surface area (Å²) in [5, 5.41) is 11.5. The third kappa shape index (κ3) is 5.56. The first-order valence-corrected chi connectivity index (χ1v) is 11.9. The van der Waals surface area contributed by atoms with Crippen molar-refractivity contribution < 1.29 is 19.4 Å². The summed E-state index contributed by atoms with van der Waals surface area (Å²) in [6, 6.07) is 38.5. The number of benzene rings is 5. The summed E-state index contributed by atoms with van der Waals surface area (Å²) in [7, 11) is 0. The third-order valence-electron chi connectivity index (χ3n) is 6.11. The highest BCUT2D eigenvalue weighted by molar-refractivity contribution is 5.86. The second-order valence-electron chi connectivity index (χ2n) is 8.62. The predicted octanol–water partition coefficient (Wildman–Crippen LogP) is 7.14. The van der Waals surface area contributed by atoms with Crippen LogP contribution < -0.4 is 9.47 Å². The van der Waals surface area contributed by atoms with Crippen LogP contribution in [0.2, 0.25) is 0 Å². The molecule has 0 bridgehead atoms. The number of carboxylic acids is 1. The molecule has 4 heteroatoms. The number of hydrogen-bond donors (Lipinski definition) is 1. The number of ether oxygens (including phenoxy) is 2. The summed E-state index contributed by atoms with van der Waals surface area (Å²) in [6.07, 6.45) is 0.627. The van der Waals surface area contributed by atoms with Crippen LogP contribution in [0, 0.1) is 0 Å². The highest BCUT2D eigenvalue weighted by Crippen LogP contribution is 2.31. The van der Waals surface area contributed by atoms with Crippen molar-refractivity contribution in [1.82, 2.24) is 0 Å². The molecule has 0 aliphatic heterocycles. The summed E-state index contributed by atoms with van der Waals surface area (Å²) < 4.78 is 11.6. The molecule has 0 aliphatic carbocycles. The fourth-order valence-electron chi connectivity index (χ4n) is 4.31. The molecule has 0 spiro atoms. The monoisotopic (exact) mass is 474 g/mol. The Labute approximate surface area is 210 Å². The molecule has 36 heavy (non-hydrogen) atoms. The molecule has 0 amide bonds. The Balaban J connectivity index is 1.41. The molecule has 5 aromatic rings. The van der Waals surface area contributed by atoms with Gasteiger partial charge in [-0.05, 0) is 62.9 Å². The Bertz CT molecular complexity index is 1470. The van der Waals surface area contributed by atoms with Crippen LogP contribution in [0.3, 0.4) is 0 Å². The number of fused-ring (bicyclic) bond motifs is 1. The number of rotatable bonds is 9. The maximum Gasteiger partial charge on any atom is 0.341 e. The SMILES string of the molecule is O=C(O)COc1ccc(-c2ccc(OCc3ccccc3)cc2)cc1Cc1cccc2ccccc12. The zero-order valence-corrected chi connectivity index (χ0v) is 19.8. The molecule has 178 valence electrons. The lowest BCUT2D eigenvalue weighted by atomic mass is 9.95. The van der Waals surface area contributed by atoms with Crippen molar-refractivity contribution in [2.45, 2.75) is 13.0 Å². The molecule has 0 heterocycles. The van der Waals surface area contributed by atoms with E-state index in [1.54, 1.807) is 0 Å². The third-order valence-corrected chi connectivity index (χ3v) is 6.11. The molecule has 0 fully saturated rings. The maximum absolute atomic E-state index is 11.1. The lowest BCUT2D eigenvalue weighted by Gasteiger charge is -2.14. The number of aliphatic carboxylic acids is 1. The molecule has 1 N–H and O–H groups in total. The maximum atomic E-state index is 11.1. The second kappa shape index (κ2) is 10.8. The topological polar surface area (TPSA) is 55.8 Å². The van der Waals surface area contributed by atoms with Crippen molar-refractivity contribution in [3.05, 3.63) is 132 Å². The van der Waals surface area contributed by atoms with E-state index in [0.717, 1.165) is 33.6 Å². The Morgan fingerprint density at radius 3 is 2.19 bits per heavy atom. The van der Waals surface area contributed by atoms with Gasteiger partial charge in [0.25, 0.3) is 0 Å². The van der Waals surface area contributed by atoms with Crippen LogP contribution in [0.25, 0.3) is 21.9 Å². The standard InChI is InChI=1S/C32H26O4/c33-32(34)22-36-31-18-15-26(19-28(31)20-27-11-6-10-25-9-4-5-12-30(25)27)24-13-16-29(17-14-24)35-21-23-7-2-1-3-8-23/h1-19H,20-22H2,(H,33,34). The van der Waals surface area contributed by atoms with Gasteiger partial charge in [0, 0.05) is 6.42 Å². The minimum atomic E-state index is -0.999. The number of carboxylic acid groups (broad SMARTS) is 1. The molecule has 0 aliphatic rings. The van der Waals surface area contributed by atoms with Crippen LogP contribution in [0.1, 0.15) is 16.7 Å². The van der Waals surface area contributed by atoms with Crippen molar-refractivity contribution in [2.24, 2.45) is 0 Å². The summed E-state index contributed by atoms with van der Waals surface area (Å²) in [5.41, 5.74) is 5.30. The number of hydrogen-bond acceptors (Lipinski definition) is 3. The van der Waals surface area contributed by atoms with Gasteiger partial charge in [0.2, 0.25) is 0 Å². The van der Waals surface area contributed by atoms with Crippen molar-refractivity contribution in [2.75, 3.05) is 6.61 Å². The fourth-order valence-corrected chi connectivity index (χ4v) is 4.31. The zero-order chi connectivity index (χ0) is 24.7. The lowest BCUT2D eigenvalue weighted by Crippen LogP contribution is -2.10.